The molecule has 4 heteroatoms. The summed E-state index contributed by atoms with van der Waals surface area (Å²) >= 11 is 0. The van der Waals surface area contributed by atoms with E-state index in [1.54, 1.807) is 20.3 Å². The van der Waals surface area contributed by atoms with Crippen molar-refractivity contribution < 1.29 is 19.4 Å². The lowest BCUT2D eigenvalue weighted by molar-refractivity contribution is -0.183. The van der Waals surface area contributed by atoms with Crippen molar-refractivity contribution in [3.8, 4) is 11.5 Å². The molecule has 2 aliphatic carbocycles. The molecule has 1 aromatic carbocycles. The Balaban J connectivity index is 2.29. The summed E-state index contributed by atoms with van der Waals surface area (Å²) in [5.41, 5.74) is 0.409. The van der Waals surface area contributed by atoms with Gasteiger partial charge in [-0.05, 0) is 41.7 Å². The second-order valence-electron chi connectivity index (χ2n) is 8.27. The van der Waals surface area contributed by atoms with E-state index in [1.807, 2.05) is 6.07 Å². The number of fused-ring (bicyclic) bond motifs is 2. The van der Waals surface area contributed by atoms with Gasteiger partial charge in [-0.15, -0.1) is 0 Å². The average molecular weight is 332 g/mol. The molecule has 0 radical (unpaired) electrons. The lowest BCUT2D eigenvalue weighted by Crippen LogP contribution is -2.60. The van der Waals surface area contributed by atoms with Crippen LogP contribution >= 0.6 is 0 Å². The molecule has 24 heavy (non-hydrogen) atoms. The largest absolute Gasteiger partial charge is 0.497 e. The van der Waals surface area contributed by atoms with E-state index in [0.717, 1.165) is 48.8 Å². The summed E-state index contributed by atoms with van der Waals surface area (Å²) < 4.78 is 10.9. The molecule has 3 rings (SSSR count). The van der Waals surface area contributed by atoms with Crippen LogP contribution in [0.15, 0.2) is 12.1 Å². The van der Waals surface area contributed by atoms with Gasteiger partial charge in [0, 0.05) is 11.6 Å². The fraction of sp³-hybridized carbons (Fsp3) is 0.650. The third-order valence-electron chi connectivity index (χ3n) is 6.78. The molecule has 1 saturated carbocycles. The van der Waals surface area contributed by atoms with Gasteiger partial charge in [-0.1, -0.05) is 27.2 Å². The smallest absolute Gasteiger partial charge is 0.130 e. The number of carbonyl (C=O) groups excluding carboxylic acids is 1. The van der Waals surface area contributed by atoms with Crippen molar-refractivity contribution in [2.45, 2.75) is 52.6 Å². The van der Waals surface area contributed by atoms with E-state index in [4.69, 9.17) is 9.47 Å². The monoisotopic (exact) mass is 332 g/mol. The Kier molecular flexibility index (Phi) is 3.95. The molecular weight excluding hydrogens is 304 g/mol. The number of hydrogen-bond acceptors (Lipinski definition) is 4. The Morgan fingerprint density at radius 1 is 1.17 bits per heavy atom. The topological polar surface area (TPSA) is 55.8 Å². The maximum absolute atomic E-state index is 12.5. The Labute approximate surface area is 144 Å². The quantitative estimate of drug-likeness (QED) is 0.858. The molecule has 2 aliphatic rings. The van der Waals surface area contributed by atoms with E-state index in [1.165, 1.54) is 0 Å². The van der Waals surface area contributed by atoms with Crippen LogP contribution in [-0.2, 0) is 11.2 Å². The second kappa shape index (κ2) is 5.48. The molecule has 3 atom stereocenters. The normalized spacial score (nSPS) is 34.0. The summed E-state index contributed by atoms with van der Waals surface area (Å²) in [5.74, 6) is 1.32. The Hall–Kier alpha value is -1.55. The summed E-state index contributed by atoms with van der Waals surface area (Å²) in [5, 5.41) is 11.4. The summed E-state index contributed by atoms with van der Waals surface area (Å²) in [6.45, 7) is 6.38. The van der Waals surface area contributed by atoms with Crippen molar-refractivity contribution in [3.63, 3.8) is 0 Å². The Bertz CT molecular complexity index is 666. The lowest BCUT2D eigenvalue weighted by atomic mass is 9.41. The minimum Gasteiger partial charge on any atom is -0.497 e. The molecule has 0 amide bonds. The molecule has 1 aromatic rings. The van der Waals surface area contributed by atoms with Crippen LogP contribution in [0.4, 0.5) is 0 Å². The minimum atomic E-state index is -0.875. The molecule has 0 heterocycles. The van der Waals surface area contributed by atoms with Crippen LogP contribution in [0.25, 0.3) is 0 Å². The second-order valence-corrected chi connectivity index (χ2v) is 8.27. The van der Waals surface area contributed by atoms with E-state index >= 15 is 0 Å². The molecule has 1 fully saturated rings. The predicted molar refractivity (Wildman–Crippen MR) is 92.4 cm³/mol. The molecule has 4 nitrogen and oxygen atoms in total. The summed E-state index contributed by atoms with van der Waals surface area (Å²) in [6.07, 6.45) is 3.85. The molecule has 0 aromatic heterocycles. The number of ether oxygens (including phenoxy) is 2. The van der Waals surface area contributed by atoms with E-state index in [2.05, 4.69) is 20.8 Å². The van der Waals surface area contributed by atoms with Crippen molar-refractivity contribution in [1.82, 2.24) is 0 Å². The Morgan fingerprint density at radius 2 is 1.88 bits per heavy atom. The van der Waals surface area contributed by atoms with Gasteiger partial charge >= 0.3 is 0 Å². The van der Waals surface area contributed by atoms with Crippen LogP contribution < -0.4 is 9.47 Å². The number of rotatable bonds is 3. The van der Waals surface area contributed by atoms with Gasteiger partial charge in [0.05, 0.1) is 25.7 Å². The third kappa shape index (κ3) is 1.98. The van der Waals surface area contributed by atoms with Crippen LogP contribution in [0.2, 0.25) is 0 Å². The number of hydrogen-bond donors (Lipinski definition) is 1. The van der Waals surface area contributed by atoms with Gasteiger partial charge < -0.3 is 19.4 Å². The fourth-order valence-electron chi connectivity index (χ4n) is 5.50. The zero-order valence-corrected chi connectivity index (χ0v) is 15.3. The first-order valence-electron chi connectivity index (χ1n) is 8.65. The molecular formula is C20H28O4. The van der Waals surface area contributed by atoms with Crippen LogP contribution in [0, 0.1) is 16.2 Å². The molecule has 1 N–H and O–H groups in total. The molecule has 0 aliphatic heterocycles. The van der Waals surface area contributed by atoms with Crippen LogP contribution in [0.1, 0.15) is 57.3 Å². The highest BCUT2D eigenvalue weighted by Crippen LogP contribution is 2.68. The van der Waals surface area contributed by atoms with Crippen molar-refractivity contribution in [3.05, 3.63) is 23.3 Å². The first-order chi connectivity index (χ1) is 11.3. The fourth-order valence-corrected chi connectivity index (χ4v) is 5.50. The number of methoxy groups -OCH3 is 2. The zero-order valence-electron chi connectivity index (χ0n) is 15.3. The molecule has 0 bridgehead atoms. The highest BCUT2D eigenvalue weighted by Gasteiger charge is 2.65. The standard InChI is InChI=1S/C20H28O4/c1-18(2)7-6-8-19(3)11-13-9-14(23-4)10-15(24-5)16(13)17(22)20(18,19)12-21/h9-10,12,17,22H,6-8,11H2,1-5H3/t17-,19-,20-/m0/s1. The van der Waals surface area contributed by atoms with Crippen molar-refractivity contribution >= 4 is 6.29 Å². The predicted octanol–water partition coefficient (Wildman–Crippen LogP) is 3.70. The molecule has 0 saturated heterocycles. The Morgan fingerprint density at radius 3 is 2.46 bits per heavy atom. The van der Waals surface area contributed by atoms with Crippen LogP contribution in [0.3, 0.4) is 0 Å². The van der Waals surface area contributed by atoms with Gasteiger partial charge in [0.2, 0.25) is 0 Å². The van der Waals surface area contributed by atoms with E-state index < -0.39 is 11.5 Å². The van der Waals surface area contributed by atoms with Gasteiger partial charge in [0.25, 0.3) is 0 Å². The molecule has 132 valence electrons. The van der Waals surface area contributed by atoms with Crippen molar-refractivity contribution in [2.24, 2.45) is 16.2 Å². The lowest BCUT2D eigenvalue weighted by Gasteiger charge is -2.62. The van der Waals surface area contributed by atoms with E-state index in [-0.39, 0.29) is 10.8 Å². The number of aldehydes is 1. The number of carbonyl (C=O) groups is 1. The first kappa shape index (κ1) is 17.3. The highest BCUT2D eigenvalue weighted by atomic mass is 16.5. The van der Waals surface area contributed by atoms with Gasteiger partial charge in [-0.2, -0.15) is 0 Å². The summed E-state index contributed by atoms with van der Waals surface area (Å²) in [6, 6.07) is 3.77. The van der Waals surface area contributed by atoms with E-state index in [9.17, 15) is 9.90 Å². The maximum Gasteiger partial charge on any atom is 0.130 e. The van der Waals surface area contributed by atoms with Gasteiger partial charge in [0.15, 0.2) is 0 Å². The average Bonchev–Trinajstić information content (AvgIpc) is 2.52. The molecule has 0 unspecified atom stereocenters. The minimum absolute atomic E-state index is 0.274. The maximum atomic E-state index is 12.5. The van der Waals surface area contributed by atoms with Crippen molar-refractivity contribution in [1.29, 1.82) is 0 Å². The zero-order chi connectivity index (χ0) is 17.8. The van der Waals surface area contributed by atoms with Gasteiger partial charge in [0.1, 0.15) is 17.8 Å². The number of benzene rings is 1. The highest BCUT2D eigenvalue weighted by molar-refractivity contribution is 5.68. The SMILES string of the molecule is COc1cc2c(c(OC)c1)[C@H](O)[C@@]1(C=O)C(C)(C)CCC[C@@]1(C)C2. The van der Waals surface area contributed by atoms with Gasteiger partial charge in [-0.25, -0.2) is 0 Å². The van der Waals surface area contributed by atoms with Gasteiger partial charge in [-0.3, -0.25) is 0 Å². The number of aliphatic hydroxyl groups is 1. The van der Waals surface area contributed by atoms with Crippen molar-refractivity contribution in [2.75, 3.05) is 14.2 Å². The first-order valence-corrected chi connectivity index (χ1v) is 8.65. The summed E-state index contributed by atoms with van der Waals surface area (Å²) in [4.78, 5) is 12.5. The van der Waals surface area contributed by atoms with Crippen LogP contribution in [0.5, 0.6) is 11.5 Å². The molecule has 0 spiro atoms. The number of aliphatic hydroxyl groups excluding tert-OH is 1. The van der Waals surface area contributed by atoms with Crippen LogP contribution in [-0.4, -0.2) is 25.6 Å². The summed E-state index contributed by atoms with van der Waals surface area (Å²) in [7, 11) is 3.22. The van der Waals surface area contributed by atoms with E-state index in [0.29, 0.717) is 5.75 Å². The third-order valence-corrected chi connectivity index (χ3v) is 6.78.